The summed E-state index contributed by atoms with van der Waals surface area (Å²) in [4.78, 5) is 8.91. The van der Waals surface area contributed by atoms with Gasteiger partial charge in [0.25, 0.3) is 0 Å². The third kappa shape index (κ3) is 8.30. The second-order valence-corrected chi connectivity index (χ2v) is 7.43. The molecule has 0 saturated carbocycles. The Balaban J connectivity index is 0.00000363. The van der Waals surface area contributed by atoms with Crippen molar-refractivity contribution in [3.05, 3.63) is 47.0 Å². The summed E-state index contributed by atoms with van der Waals surface area (Å²) in [7, 11) is 3.45. The number of benzene rings is 1. The molecule has 2 heterocycles. The number of hydrogen-bond acceptors (Lipinski definition) is 6. The summed E-state index contributed by atoms with van der Waals surface area (Å²) in [6.45, 7) is 6.42. The predicted molar refractivity (Wildman–Crippen MR) is 134 cm³/mol. The lowest BCUT2D eigenvalue weighted by molar-refractivity contribution is 0.0453. The van der Waals surface area contributed by atoms with Crippen LogP contribution in [0.2, 0.25) is 0 Å². The smallest absolute Gasteiger partial charge is 0.191 e. The highest BCUT2D eigenvalue weighted by Crippen LogP contribution is 2.13. The van der Waals surface area contributed by atoms with E-state index in [0.29, 0.717) is 33.0 Å². The van der Waals surface area contributed by atoms with Crippen LogP contribution in [0.15, 0.2) is 29.3 Å². The van der Waals surface area contributed by atoms with E-state index in [2.05, 4.69) is 50.0 Å². The molecule has 178 valence electrons. The summed E-state index contributed by atoms with van der Waals surface area (Å²) in [5, 5.41) is 11.4. The lowest BCUT2D eigenvalue weighted by atomic mass is 10.1. The molecule has 1 aliphatic rings. The molecule has 0 amide bonds. The molecule has 9 nitrogen and oxygen atoms in total. The fraction of sp³-hybridized carbons (Fsp3) is 0.591. The van der Waals surface area contributed by atoms with Gasteiger partial charge in [0.2, 0.25) is 0 Å². The minimum absolute atomic E-state index is 0. The first-order valence-corrected chi connectivity index (χ1v) is 10.8. The molecule has 0 bridgehead atoms. The number of hydrogen-bond donors (Lipinski definition) is 2. The predicted octanol–water partition coefficient (Wildman–Crippen LogP) is 2.28. The van der Waals surface area contributed by atoms with E-state index in [-0.39, 0.29) is 30.0 Å². The molecular weight excluding hydrogens is 523 g/mol. The van der Waals surface area contributed by atoms with E-state index >= 15 is 0 Å². The van der Waals surface area contributed by atoms with Crippen LogP contribution in [-0.2, 0) is 46.9 Å². The van der Waals surface area contributed by atoms with Crippen LogP contribution in [0.25, 0.3) is 0 Å². The molecular formula is C22H35IN6O3. The third-order valence-corrected chi connectivity index (χ3v) is 5.04. The molecule has 0 saturated heterocycles. The Morgan fingerprint density at radius 1 is 1.22 bits per heavy atom. The maximum Gasteiger partial charge on any atom is 0.191 e. The molecule has 0 spiro atoms. The number of nitrogens with zero attached hydrogens (tertiary/aromatic N) is 4. The molecule has 1 aliphatic heterocycles. The molecule has 0 aliphatic carbocycles. The highest BCUT2D eigenvalue weighted by atomic mass is 127. The maximum atomic E-state index is 5.67. The van der Waals surface area contributed by atoms with E-state index in [1.165, 1.54) is 5.56 Å². The number of halogens is 1. The molecule has 1 atom stereocenters. The van der Waals surface area contributed by atoms with Crippen molar-refractivity contribution in [3.8, 4) is 0 Å². The fourth-order valence-electron chi connectivity index (χ4n) is 3.52. The first-order chi connectivity index (χ1) is 15.2. The van der Waals surface area contributed by atoms with Crippen molar-refractivity contribution in [2.24, 2.45) is 4.99 Å². The van der Waals surface area contributed by atoms with E-state index < -0.39 is 0 Å². The Morgan fingerprint density at radius 3 is 2.81 bits per heavy atom. The number of nitrogens with one attached hydrogen (secondary N) is 2. The molecule has 1 aromatic heterocycles. The van der Waals surface area contributed by atoms with Crippen LogP contribution in [-0.4, -0.2) is 60.7 Å². The average Bonchev–Trinajstić information content (AvgIpc) is 3.18. The Kier molecular flexibility index (Phi) is 11.9. The van der Waals surface area contributed by atoms with Gasteiger partial charge in [-0.1, -0.05) is 24.3 Å². The van der Waals surface area contributed by atoms with Gasteiger partial charge >= 0.3 is 0 Å². The van der Waals surface area contributed by atoms with Gasteiger partial charge in [0.15, 0.2) is 11.8 Å². The minimum Gasteiger partial charge on any atom is -0.379 e. The van der Waals surface area contributed by atoms with Gasteiger partial charge in [-0.3, -0.25) is 4.99 Å². The van der Waals surface area contributed by atoms with Crippen LogP contribution < -0.4 is 10.6 Å². The summed E-state index contributed by atoms with van der Waals surface area (Å²) in [5.41, 5.74) is 2.33. The van der Waals surface area contributed by atoms with Crippen molar-refractivity contribution in [1.29, 1.82) is 0 Å². The van der Waals surface area contributed by atoms with Crippen LogP contribution in [0.1, 0.15) is 36.1 Å². The molecule has 10 heteroatoms. The van der Waals surface area contributed by atoms with Crippen molar-refractivity contribution >= 4 is 29.9 Å². The van der Waals surface area contributed by atoms with Crippen LogP contribution in [0, 0.1) is 0 Å². The lowest BCUT2D eigenvalue weighted by Crippen LogP contribution is -2.46. The minimum atomic E-state index is 0. The summed E-state index contributed by atoms with van der Waals surface area (Å²) in [6, 6.07) is 8.64. The van der Waals surface area contributed by atoms with Crippen LogP contribution in [0.4, 0.5) is 0 Å². The normalized spacial score (nSPS) is 15.7. The zero-order chi connectivity index (χ0) is 21.9. The maximum absolute atomic E-state index is 5.67. The summed E-state index contributed by atoms with van der Waals surface area (Å²) in [6.07, 6.45) is 1.87. The quantitative estimate of drug-likeness (QED) is 0.189. The SMILES string of the molecule is CCOCCOCc1cccc(CNC(=NC)NC2CCc3nc(COC)nn3C2)c1.I. The number of fused-ring (bicyclic) bond motifs is 1. The largest absolute Gasteiger partial charge is 0.379 e. The van der Waals surface area contributed by atoms with Crippen molar-refractivity contribution < 1.29 is 14.2 Å². The summed E-state index contributed by atoms with van der Waals surface area (Å²) in [5.74, 6) is 2.54. The van der Waals surface area contributed by atoms with Gasteiger partial charge < -0.3 is 24.8 Å². The lowest BCUT2D eigenvalue weighted by Gasteiger charge is -2.25. The molecule has 3 rings (SSSR count). The number of aliphatic imine (C=N–C) groups is 1. The van der Waals surface area contributed by atoms with Gasteiger partial charge in [0.05, 0.1) is 26.4 Å². The fourth-order valence-corrected chi connectivity index (χ4v) is 3.52. The number of aromatic nitrogens is 3. The molecule has 2 N–H and O–H groups in total. The number of rotatable bonds is 11. The van der Waals surface area contributed by atoms with Gasteiger partial charge in [-0.25, -0.2) is 9.67 Å². The Labute approximate surface area is 207 Å². The van der Waals surface area contributed by atoms with Gasteiger partial charge in [-0.05, 0) is 24.5 Å². The number of aryl methyl sites for hydroxylation is 1. The highest BCUT2D eigenvalue weighted by molar-refractivity contribution is 14.0. The van der Waals surface area contributed by atoms with Crippen LogP contribution in [0.5, 0.6) is 0 Å². The number of guanidine groups is 1. The number of ether oxygens (including phenoxy) is 3. The molecule has 1 unspecified atom stereocenters. The number of methoxy groups -OCH3 is 1. The van der Waals surface area contributed by atoms with Crippen LogP contribution in [0.3, 0.4) is 0 Å². The van der Waals surface area contributed by atoms with Crippen molar-refractivity contribution in [3.63, 3.8) is 0 Å². The third-order valence-electron chi connectivity index (χ3n) is 5.04. The van der Waals surface area contributed by atoms with Crippen molar-refractivity contribution in [2.45, 2.75) is 52.1 Å². The van der Waals surface area contributed by atoms with Gasteiger partial charge in [-0.15, -0.1) is 24.0 Å². The summed E-state index contributed by atoms with van der Waals surface area (Å²) < 4.78 is 18.1. The Morgan fingerprint density at radius 2 is 2.03 bits per heavy atom. The summed E-state index contributed by atoms with van der Waals surface area (Å²) >= 11 is 0. The molecule has 2 aromatic rings. The average molecular weight is 558 g/mol. The zero-order valence-corrected chi connectivity index (χ0v) is 21.5. The van der Waals surface area contributed by atoms with E-state index in [4.69, 9.17) is 14.2 Å². The van der Waals surface area contributed by atoms with Crippen molar-refractivity contribution in [1.82, 2.24) is 25.4 Å². The Bertz CT molecular complexity index is 845. The van der Waals surface area contributed by atoms with E-state index in [1.807, 2.05) is 11.6 Å². The van der Waals surface area contributed by atoms with E-state index in [9.17, 15) is 0 Å². The molecule has 1 aromatic carbocycles. The molecule has 0 radical (unpaired) electrons. The van der Waals surface area contributed by atoms with Gasteiger partial charge in [-0.2, -0.15) is 5.10 Å². The van der Waals surface area contributed by atoms with Crippen LogP contribution >= 0.6 is 24.0 Å². The first-order valence-electron chi connectivity index (χ1n) is 10.8. The van der Waals surface area contributed by atoms with E-state index in [1.54, 1.807) is 14.2 Å². The molecule has 0 fully saturated rings. The standard InChI is InChI=1S/C22H34N6O3.HI/c1-4-30-10-11-31-15-18-7-5-6-17(12-18)13-24-22(23-2)25-19-8-9-21-26-20(16-29-3)27-28(21)14-19;/h5-7,12,19H,4,8-11,13-16H2,1-3H3,(H2,23,24,25);1H. The highest BCUT2D eigenvalue weighted by Gasteiger charge is 2.22. The zero-order valence-electron chi connectivity index (χ0n) is 19.2. The van der Waals surface area contributed by atoms with Gasteiger partial charge in [0, 0.05) is 39.8 Å². The second kappa shape index (κ2) is 14.4. The van der Waals surface area contributed by atoms with Gasteiger partial charge in [0.1, 0.15) is 12.4 Å². The molecule has 32 heavy (non-hydrogen) atoms. The topological polar surface area (TPSA) is 94.8 Å². The van der Waals surface area contributed by atoms with Crippen molar-refractivity contribution in [2.75, 3.05) is 34.0 Å². The second-order valence-electron chi connectivity index (χ2n) is 7.43. The van der Waals surface area contributed by atoms with E-state index in [0.717, 1.165) is 49.2 Å². The Hall–Kier alpha value is -1.76. The first kappa shape index (κ1) is 26.5. The monoisotopic (exact) mass is 558 g/mol.